The molecule has 0 radical (unpaired) electrons. The van der Waals surface area contributed by atoms with Crippen LogP contribution in [0, 0.1) is 5.82 Å². The van der Waals surface area contributed by atoms with Crippen molar-refractivity contribution in [3.8, 4) is 0 Å². The van der Waals surface area contributed by atoms with Crippen LogP contribution in [0.2, 0.25) is 0 Å². The van der Waals surface area contributed by atoms with Crippen molar-refractivity contribution in [2.45, 2.75) is 31.9 Å². The van der Waals surface area contributed by atoms with Crippen molar-refractivity contribution in [3.05, 3.63) is 89.8 Å². The van der Waals surface area contributed by atoms with E-state index in [-0.39, 0.29) is 42.5 Å². The van der Waals surface area contributed by atoms with Crippen molar-refractivity contribution in [3.63, 3.8) is 0 Å². The number of para-hydroxylation sites is 1. The Labute approximate surface area is 201 Å². The minimum absolute atomic E-state index is 0.0272. The third-order valence-corrected chi connectivity index (χ3v) is 5.99. The number of carbonyl (C=O) groups is 2. The number of nitrogens with one attached hydrogen (secondary N) is 1. The summed E-state index contributed by atoms with van der Waals surface area (Å²) in [4.78, 5) is 28.3. The monoisotopic (exact) mass is 476 g/mol. The number of anilines is 1. The lowest BCUT2D eigenvalue weighted by Gasteiger charge is -2.24. The maximum Gasteiger partial charge on any atom is 0.292 e. The second-order valence-corrected chi connectivity index (χ2v) is 8.55. The summed E-state index contributed by atoms with van der Waals surface area (Å²) in [7, 11) is 0. The molecule has 0 aliphatic carbocycles. The molecule has 1 N–H and O–H groups in total. The molecule has 3 heterocycles. The highest BCUT2D eigenvalue weighted by Gasteiger charge is 2.30. The lowest BCUT2D eigenvalue weighted by atomic mass is 10.1. The standard InChI is InChI=1S/C27H25FN2O5/c28-19-11-9-18(10-12-19)15-24(31)29-25-22-7-1-2-8-23(22)35-26(25)27(32)30(16-20-5-3-13-33-20)17-21-6-4-14-34-21/h1-3,5,7-13,21H,4,6,14-17H2,(H,29,31)/t21-/m0/s1. The van der Waals surface area contributed by atoms with Crippen LogP contribution in [-0.2, 0) is 22.5 Å². The molecule has 4 aromatic rings. The summed E-state index contributed by atoms with van der Waals surface area (Å²) >= 11 is 0. The average Bonchev–Trinajstić information content (AvgIpc) is 3.62. The minimum Gasteiger partial charge on any atom is -0.467 e. The molecule has 0 saturated carbocycles. The fourth-order valence-electron chi connectivity index (χ4n) is 4.28. The van der Waals surface area contributed by atoms with E-state index >= 15 is 0 Å². The Morgan fingerprint density at radius 3 is 2.63 bits per heavy atom. The van der Waals surface area contributed by atoms with Crippen LogP contribution in [0.15, 0.2) is 75.8 Å². The van der Waals surface area contributed by atoms with Gasteiger partial charge in [-0.05, 0) is 54.8 Å². The predicted molar refractivity (Wildman–Crippen MR) is 127 cm³/mol. The smallest absolute Gasteiger partial charge is 0.292 e. The first-order chi connectivity index (χ1) is 17.1. The van der Waals surface area contributed by atoms with Crippen LogP contribution in [0.5, 0.6) is 0 Å². The lowest BCUT2D eigenvalue weighted by Crippen LogP contribution is -2.37. The van der Waals surface area contributed by atoms with E-state index in [0.29, 0.717) is 41.1 Å². The number of hydrogen-bond acceptors (Lipinski definition) is 5. The number of fused-ring (bicyclic) bond motifs is 1. The maximum absolute atomic E-state index is 13.8. The molecule has 2 aromatic heterocycles. The van der Waals surface area contributed by atoms with Crippen LogP contribution < -0.4 is 5.32 Å². The molecule has 1 aliphatic heterocycles. The van der Waals surface area contributed by atoms with Crippen molar-refractivity contribution >= 4 is 28.5 Å². The van der Waals surface area contributed by atoms with Gasteiger partial charge >= 0.3 is 0 Å². The number of ether oxygens (including phenoxy) is 1. The predicted octanol–water partition coefficient (Wildman–Crippen LogP) is 5.17. The number of nitrogens with zero attached hydrogens (tertiary/aromatic N) is 1. The lowest BCUT2D eigenvalue weighted by molar-refractivity contribution is -0.115. The molecule has 7 nitrogen and oxygen atoms in total. The van der Waals surface area contributed by atoms with Crippen molar-refractivity contribution in [1.29, 1.82) is 0 Å². The second-order valence-electron chi connectivity index (χ2n) is 8.55. The van der Waals surface area contributed by atoms with E-state index in [2.05, 4.69) is 5.32 Å². The van der Waals surface area contributed by atoms with Crippen molar-refractivity contribution in [2.75, 3.05) is 18.5 Å². The van der Waals surface area contributed by atoms with Gasteiger partial charge in [0.1, 0.15) is 22.8 Å². The normalized spacial score (nSPS) is 15.4. The molecule has 1 atom stereocenters. The van der Waals surface area contributed by atoms with E-state index in [1.807, 2.05) is 6.07 Å². The first-order valence-corrected chi connectivity index (χ1v) is 11.6. The third kappa shape index (κ3) is 5.27. The number of amides is 2. The Hall–Kier alpha value is -3.91. The highest BCUT2D eigenvalue weighted by atomic mass is 19.1. The van der Waals surface area contributed by atoms with Crippen LogP contribution in [0.1, 0.15) is 34.7 Å². The Morgan fingerprint density at radius 2 is 1.89 bits per heavy atom. The summed E-state index contributed by atoms with van der Waals surface area (Å²) in [6.45, 7) is 1.29. The van der Waals surface area contributed by atoms with Gasteiger partial charge in [-0.15, -0.1) is 0 Å². The molecule has 35 heavy (non-hydrogen) atoms. The SMILES string of the molecule is O=C(Cc1ccc(F)cc1)Nc1c(C(=O)N(Cc2ccco2)C[C@@H]2CCCO2)oc2ccccc12. The molecule has 2 aromatic carbocycles. The third-order valence-electron chi connectivity index (χ3n) is 5.99. The van der Waals surface area contributed by atoms with E-state index in [9.17, 15) is 14.0 Å². The number of carbonyl (C=O) groups excluding carboxylic acids is 2. The fraction of sp³-hybridized carbons (Fsp3) is 0.259. The molecule has 180 valence electrons. The van der Waals surface area contributed by atoms with Gasteiger partial charge < -0.3 is 23.8 Å². The highest BCUT2D eigenvalue weighted by Crippen LogP contribution is 2.32. The summed E-state index contributed by atoms with van der Waals surface area (Å²) < 4.78 is 30.4. The van der Waals surface area contributed by atoms with Gasteiger partial charge in [-0.2, -0.15) is 0 Å². The zero-order valence-electron chi connectivity index (χ0n) is 19.0. The Balaban J connectivity index is 1.44. The Bertz CT molecular complexity index is 1310. The van der Waals surface area contributed by atoms with Crippen LogP contribution >= 0.6 is 0 Å². The van der Waals surface area contributed by atoms with Gasteiger partial charge in [0.2, 0.25) is 11.7 Å². The van der Waals surface area contributed by atoms with Gasteiger partial charge in [-0.1, -0.05) is 24.3 Å². The molecule has 1 fully saturated rings. The van der Waals surface area contributed by atoms with E-state index in [1.54, 1.807) is 53.6 Å². The number of benzene rings is 2. The van der Waals surface area contributed by atoms with Gasteiger partial charge in [0.05, 0.1) is 25.3 Å². The van der Waals surface area contributed by atoms with Crippen LogP contribution in [0.4, 0.5) is 10.1 Å². The summed E-state index contributed by atoms with van der Waals surface area (Å²) in [5, 5.41) is 3.48. The average molecular weight is 477 g/mol. The molecule has 0 unspecified atom stereocenters. The van der Waals surface area contributed by atoms with Gasteiger partial charge in [-0.25, -0.2) is 4.39 Å². The van der Waals surface area contributed by atoms with Crippen molar-refractivity contribution < 1.29 is 27.6 Å². The van der Waals surface area contributed by atoms with Gasteiger partial charge in [-0.3, -0.25) is 9.59 Å². The zero-order valence-corrected chi connectivity index (χ0v) is 19.0. The number of furan rings is 2. The summed E-state index contributed by atoms with van der Waals surface area (Å²) in [5.41, 5.74) is 1.46. The van der Waals surface area contributed by atoms with Crippen LogP contribution in [0.25, 0.3) is 11.0 Å². The van der Waals surface area contributed by atoms with Gasteiger partial charge in [0.25, 0.3) is 5.91 Å². The molecule has 2 amide bonds. The molecular weight excluding hydrogens is 451 g/mol. The van der Waals surface area contributed by atoms with Crippen LogP contribution in [-0.4, -0.2) is 36.0 Å². The van der Waals surface area contributed by atoms with Crippen molar-refractivity contribution in [2.24, 2.45) is 0 Å². The number of hydrogen-bond donors (Lipinski definition) is 1. The van der Waals surface area contributed by atoms with Gasteiger partial charge in [0.15, 0.2) is 0 Å². The molecule has 1 saturated heterocycles. The summed E-state index contributed by atoms with van der Waals surface area (Å²) in [5.74, 6) is -0.401. The Morgan fingerprint density at radius 1 is 1.06 bits per heavy atom. The highest BCUT2D eigenvalue weighted by molar-refractivity contribution is 6.11. The largest absolute Gasteiger partial charge is 0.467 e. The molecular formula is C27H25FN2O5. The summed E-state index contributed by atoms with van der Waals surface area (Å²) in [6.07, 6.45) is 3.33. The quantitative estimate of drug-likeness (QED) is 0.379. The van der Waals surface area contributed by atoms with E-state index in [1.165, 1.54) is 12.1 Å². The molecule has 0 spiro atoms. The maximum atomic E-state index is 13.8. The first kappa shape index (κ1) is 22.9. The van der Waals surface area contributed by atoms with E-state index < -0.39 is 0 Å². The topological polar surface area (TPSA) is 84.9 Å². The second kappa shape index (κ2) is 10.1. The Kier molecular flexibility index (Phi) is 6.63. The van der Waals surface area contributed by atoms with Gasteiger partial charge in [0, 0.05) is 18.5 Å². The van der Waals surface area contributed by atoms with E-state index in [4.69, 9.17) is 13.6 Å². The molecule has 5 rings (SSSR count). The number of rotatable bonds is 8. The first-order valence-electron chi connectivity index (χ1n) is 11.6. The zero-order chi connectivity index (χ0) is 24.2. The van der Waals surface area contributed by atoms with Crippen LogP contribution in [0.3, 0.4) is 0 Å². The fourth-order valence-corrected chi connectivity index (χ4v) is 4.28. The molecule has 0 bridgehead atoms. The number of halogens is 1. The van der Waals surface area contributed by atoms with Crippen molar-refractivity contribution in [1.82, 2.24) is 4.90 Å². The molecule has 1 aliphatic rings. The van der Waals surface area contributed by atoms with E-state index in [0.717, 1.165) is 12.8 Å². The minimum atomic E-state index is -0.370. The summed E-state index contributed by atoms with van der Waals surface area (Å²) in [6, 6.07) is 16.5. The molecule has 8 heteroatoms.